The minimum Gasteiger partial charge on any atom is -0.368 e. The summed E-state index contributed by atoms with van der Waals surface area (Å²) in [6.07, 6.45) is 3.18. The summed E-state index contributed by atoms with van der Waals surface area (Å²) in [5.41, 5.74) is 5.54. The third-order valence-corrected chi connectivity index (χ3v) is 2.04. The van der Waals surface area contributed by atoms with E-state index < -0.39 is 0 Å². The summed E-state index contributed by atoms with van der Waals surface area (Å²) in [6.45, 7) is 0. The van der Waals surface area contributed by atoms with Crippen LogP contribution in [0.25, 0.3) is 5.95 Å². The van der Waals surface area contributed by atoms with E-state index in [0.29, 0.717) is 5.95 Å². The lowest BCUT2D eigenvalue weighted by molar-refractivity contribution is 0.884. The second kappa shape index (κ2) is 2.94. The van der Waals surface area contributed by atoms with Gasteiger partial charge in [0.15, 0.2) is 0 Å². The Kier molecular flexibility index (Phi) is 1.78. The quantitative estimate of drug-likeness (QED) is 0.656. The molecule has 2 heterocycles. The summed E-state index contributed by atoms with van der Waals surface area (Å²) in [5.74, 6) is 0.611. The Labute approximate surface area is 77.4 Å². The average Bonchev–Trinajstić information content (AvgIpc) is 2.48. The van der Waals surface area contributed by atoms with Crippen LogP contribution in [0.15, 0.2) is 18.5 Å². The van der Waals surface area contributed by atoms with Crippen molar-refractivity contribution in [2.75, 3.05) is 5.73 Å². The summed E-state index contributed by atoms with van der Waals surface area (Å²) < 4.78 is 5.19. The van der Waals surface area contributed by atoms with Crippen molar-refractivity contribution in [2.24, 2.45) is 0 Å². The maximum absolute atomic E-state index is 7.49. The van der Waals surface area contributed by atoms with Crippen molar-refractivity contribution in [2.45, 2.75) is 0 Å². The van der Waals surface area contributed by atoms with Crippen molar-refractivity contribution < 1.29 is 0 Å². The second-order valence-corrected chi connectivity index (χ2v) is 2.98. The monoisotopic (exact) mass is 194 g/mol. The Balaban J connectivity index is 2.65. The van der Waals surface area contributed by atoms with Gasteiger partial charge in [-0.05, 0) is 6.07 Å². The number of nitrogens with one attached hydrogen (secondary N) is 1. The fourth-order valence-corrected chi connectivity index (χ4v) is 1.39. The molecular formula is C6H6N6S. The van der Waals surface area contributed by atoms with Crippen LogP contribution in [0.1, 0.15) is 0 Å². The normalized spacial score (nSPS) is 10.2. The fraction of sp³-hybridized carbons (Fsp3) is 0. The van der Waals surface area contributed by atoms with Gasteiger partial charge in [-0.2, -0.15) is 4.37 Å². The molecule has 3 N–H and O–H groups in total. The van der Waals surface area contributed by atoms with Crippen LogP contribution in [-0.2, 0) is 0 Å². The molecule has 0 aliphatic heterocycles. The molecule has 0 aromatic carbocycles. The molecule has 2 rings (SSSR count). The van der Waals surface area contributed by atoms with Gasteiger partial charge in [-0.15, -0.1) is 0 Å². The molecule has 2 aromatic rings. The summed E-state index contributed by atoms with van der Waals surface area (Å²) in [7, 11) is 0. The summed E-state index contributed by atoms with van der Waals surface area (Å²) in [5, 5.41) is 7.49. The summed E-state index contributed by atoms with van der Waals surface area (Å²) in [4.78, 5) is 8.13. The molecule has 0 unspecified atom stereocenters. The third-order valence-electron chi connectivity index (χ3n) is 1.41. The molecule has 0 saturated heterocycles. The maximum Gasteiger partial charge on any atom is 0.238 e. The van der Waals surface area contributed by atoms with Gasteiger partial charge in [-0.25, -0.2) is 14.5 Å². The molecule has 2 aromatic heterocycles. The van der Waals surface area contributed by atoms with E-state index in [9.17, 15) is 0 Å². The van der Waals surface area contributed by atoms with Crippen LogP contribution in [0.2, 0.25) is 0 Å². The van der Waals surface area contributed by atoms with Gasteiger partial charge in [0.25, 0.3) is 0 Å². The molecule has 0 radical (unpaired) electrons. The first-order valence-corrected chi connectivity index (χ1v) is 4.22. The van der Waals surface area contributed by atoms with Crippen LogP contribution >= 0.6 is 11.5 Å². The summed E-state index contributed by atoms with van der Waals surface area (Å²) in [6, 6.07) is 1.70. The van der Waals surface area contributed by atoms with Crippen molar-refractivity contribution >= 4 is 17.5 Å². The zero-order valence-electron chi connectivity index (χ0n) is 6.51. The van der Waals surface area contributed by atoms with Gasteiger partial charge in [0, 0.05) is 23.9 Å². The maximum atomic E-state index is 7.49. The van der Waals surface area contributed by atoms with Crippen LogP contribution in [0.5, 0.6) is 0 Å². The van der Waals surface area contributed by atoms with Crippen molar-refractivity contribution in [3.8, 4) is 5.95 Å². The van der Waals surface area contributed by atoms with Gasteiger partial charge >= 0.3 is 0 Å². The number of aromatic nitrogens is 4. The van der Waals surface area contributed by atoms with E-state index in [4.69, 9.17) is 11.1 Å². The lowest BCUT2D eigenvalue weighted by Gasteiger charge is -1.98. The molecule has 0 amide bonds. The Morgan fingerprint density at radius 1 is 1.38 bits per heavy atom. The van der Waals surface area contributed by atoms with Gasteiger partial charge in [0.1, 0.15) is 0 Å². The lowest BCUT2D eigenvalue weighted by atomic mass is 10.7. The van der Waals surface area contributed by atoms with Gasteiger partial charge in [-0.3, -0.25) is 5.41 Å². The highest BCUT2D eigenvalue weighted by Crippen LogP contribution is 2.02. The van der Waals surface area contributed by atoms with Crippen LogP contribution < -0.4 is 10.5 Å². The first-order chi connectivity index (χ1) is 6.29. The Morgan fingerprint density at radius 3 is 2.62 bits per heavy atom. The molecular weight excluding hydrogens is 188 g/mol. The van der Waals surface area contributed by atoms with Gasteiger partial charge in [-0.1, -0.05) is 0 Å². The molecule has 6 nitrogen and oxygen atoms in total. The van der Waals surface area contributed by atoms with Gasteiger partial charge in [0.05, 0.1) is 0 Å². The lowest BCUT2D eigenvalue weighted by Crippen LogP contribution is -2.16. The molecule has 13 heavy (non-hydrogen) atoms. The molecule has 0 bridgehead atoms. The number of hydrogen-bond donors (Lipinski definition) is 2. The highest BCUT2D eigenvalue weighted by Gasteiger charge is 2.06. The number of nitrogens with zero attached hydrogens (tertiary/aromatic N) is 4. The minimum absolute atomic E-state index is 0.212. The van der Waals surface area contributed by atoms with E-state index in [-0.39, 0.29) is 10.7 Å². The highest BCUT2D eigenvalue weighted by atomic mass is 32.1. The van der Waals surface area contributed by atoms with Crippen molar-refractivity contribution in [3.63, 3.8) is 0 Å². The van der Waals surface area contributed by atoms with Crippen molar-refractivity contribution in [3.05, 3.63) is 23.3 Å². The van der Waals surface area contributed by atoms with E-state index in [0.717, 1.165) is 11.5 Å². The Morgan fingerprint density at radius 2 is 2.08 bits per heavy atom. The largest absolute Gasteiger partial charge is 0.368 e. The van der Waals surface area contributed by atoms with E-state index in [1.54, 1.807) is 18.5 Å². The standard InChI is InChI=1S/C6H6N6S/c7-4-11-13-5(8)12(4)6-9-2-1-3-10-6/h1-3,8H,(H2,7,11). The molecule has 7 heteroatoms. The minimum atomic E-state index is 0.212. The molecule has 66 valence electrons. The molecule has 0 spiro atoms. The van der Waals surface area contributed by atoms with Crippen LogP contribution in [0.4, 0.5) is 5.95 Å². The smallest absolute Gasteiger partial charge is 0.238 e. The SMILES string of the molecule is N=c1snc(N)n1-c1ncccn1. The van der Waals surface area contributed by atoms with Crippen LogP contribution in [0, 0.1) is 5.41 Å². The predicted octanol–water partition coefficient (Wildman–Crippen LogP) is -0.215. The zero-order valence-corrected chi connectivity index (χ0v) is 7.32. The number of rotatable bonds is 1. The van der Waals surface area contributed by atoms with E-state index >= 15 is 0 Å². The van der Waals surface area contributed by atoms with E-state index in [1.807, 2.05) is 0 Å². The Hall–Kier alpha value is -1.76. The third kappa shape index (κ3) is 1.29. The second-order valence-electron chi connectivity index (χ2n) is 2.23. The predicted molar refractivity (Wildman–Crippen MR) is 47.3 cm³/mol. The van der Waals surface area contributed by atoms with Gasteiger partial charge in [0.2, 0.25) is 16.7 Å². The first-order valence-electron chi connectivity index (χ1n) is 3.45. The molecule has 0 fully saturated rings. The summed E-state index contributed by atoms with van der Waals surface area (Å²) >= 11 is 1.00. The van der Waals surface area contributed by atoms with Gasteiger partial charge < -0.3 is 5.73 Å². The number of nitrogen functional groups attached to an aromatic ring is 1. The number of hydrogen-bond acceptors (Lipinski definition) is 6. The van der Waals surface area contributed by atoms with E-state index in [2.05, 4.69) is 14.3 Å². The Bertz CT molecular complexity index is 457. The molecule has 0 atom stereocenters. The van der Waals surface area contributed by atoms with Crippen molar-refractivity contribution in [1.82, 2.24) is 18.9 Å². The number of nitrogens with two attached hydrogens (primary N) is 1. The van der Waals surface area contributed by atoms with E-state index in [1.165, 1.54) is 4.57 Å². The first kappa shape index (κ1) is 7.87. The average molecular weight is 194 g/mol. The highest BCUT2D eigenvalue weighted by molar-refractivity contribution is 7.02. The molecule has 0 saturated carbocycles. The van der Waals surface area contributed by atoms with Crippen LogP contribution in [-0.4, -0.2) is 18.9 Å². The van der Waals surface area contributed by atoms with Crippen molar-refractivity contribution in [1.29, 1.82) is 5.41 Å². The fourth-order valence-electron chi connectivity index (χ4n) is 0.876. The zero-order chi connectivity index (χ0) is 9.26. The molecule has 0 aliphatic carbocycles. The molecule has 0 aliphatic rings. The van der Waals surface area contributed by atoms with Crippen LogP contribution in [0.3, 0.4) is 0 Å². The number of anilines is 1. The topological polar surface area (TPSA) is 93.5 Å².